The van der Waals surface area contributed by atoms with Gasteiger partial charge in [0.25, 0.3) is 0 Å². The highest BCUT2D eigenvalue weighted by atomic mass is 127. The normalized spacial score (nSPS) is 11.8. The quantitative estimate of drug-likeness (QED) is 0.665. The standard InChI is InChI=1S/C9H11FIN/c1-9(2,3)8-7(11)4-6(10)5-12-8/h4-5H,1-3H3. The van der Waals surface area contributed by atoms with Crippen molar-refractivity contribution in [1.82, 2.24) is 4.98 Å². The Balaban J connectivity index is 3.19. The van der Waals surface area contributed by atoms with E-state index in [-0.39, 0.29) is 11.2 Å². The smallest absolute Gasteiger partial charge is 0.142 e. The molecule has 1 heterocycles. The van der Waals surface area contributed by atoms with Crippen LogP contribution in [0.25, 0.3) is 0 Å². The zero-order valence-corrected chi connectivity index (χ0v) is 9.52. The Hall–Kier alpha value is -0.190. The van der Waals surface area contributed by atoms with Gasteiger partial charge in [-0.1, -0.05) is 20.8 Å². The van der Waals surface area contributed by atoms with E-state index in [0.717, 1.165) is 9.26 Å². The first-order chi connectivity index (χ1) is 5.41. The maximum Gasteiger partial charge on any atom is 0.142 e. The van der Waals surface area contributed by atoms with Gasteiger partial charge in [-0.15, -0.1) is 0 Å². The molecule has 3 heteroatoms. The first-order valence-electron chi connectivity index (χ1n) is 3.73. The van der Waals surface area contributed by atoms with Crippen LogP contribution in [-0.2, 0) is 5.41 Å². The lowest BCUT2D eigenvalue weighted by molar-refractivity contribution is 0.553. The van der Waals surface area contributed by atoms with Crippen molar-refractivity contribution in [1.29, 1.82) is 0 Å². The Bertz CT molecular complexity index is 291. The molecule has 0 spiro atoms. The van der Waals surface area contributed by atoms with E-state index in [9.17, 15) is 4.39 Å². The Morgan fingerprint density at radius 2 is 2.00 bits per heavy atom. The summed E-state index contributed by atoms with van der Waals surface area (Å²) >= 11 is 2.11. The summed E-state index contributed by atoms with van der Waals surface area (Å²) in [7, 11) is 0. The second-order valence-corrected chi connectivity index (χ2v) is 4.90. The molecule has 0 aliphatic carbocycles. The monoisotopic (exact) mass is 279 g/mol. The second kappa shape index (κ2) is 3.28. The maximum absolute atomic E-state index is 12.7. The van der Waals surface area contributed by atoms with Crippen molar-refractivity contribution in [2.75, 3.05) is 0 Å². The molecule has 0 radical (unpaired) electrons. The summed E-state index contributed by atoms with van der Waals surface area (Å²) in [4.78, 5) is 4.07. The molecular weight excluding hydrogens is 268 g/mol. The number of hydrogen-bond acceptors (Lipinski definition) is 1. The number of pyridine rings is 1. The van der Waals surface area contributed by atoms with Crippen molar-refractivity contribution in [3.8, 4) is 0 Å². The molecule has 0 aromatic carbocycles. The van der Waals surface area contributed by atoms with Crippen LogP contribution in [0.15, 0.2) is 12.3 Å². The van der Waals surface area contributed by atoms with Crippen LogP contribution >= 0.6 is 22.6 Å². The van der Waals surface area contributed by atoms with Crippen LogP contribution in [0, 0.1) is 9.39 Å². The summed E-state index contributed by atoms with van der Waals surface area (Å²) in [5.74, 6) is -0.271. The predicted molar refractivity (Wildman–Crippen MR) is 55.6 cm³/mol. The van der Waals surface area contributed by atoms with Crippen LogP contribution < -0.4 is 0 Å². The van der Waals surface area contributed by atoms with Gasteiger partial charge in [-0.05, 0) is 28.7 Å². The number of aromatic nitrogens is 1. The number of nitrogens with zero attached hydrogens (tertiary/aromatic N) is 1. The highest BCUT2D eigenvalue weighted by Crippen LogP contribution is 2.24. The molecule has 0 fully saturated rings. The fourth-order valence-electron chi connectivity index (χ4n) is 0.966. The summed E-state index contributed by atoms with van der Waals surface area (Å²) in [6.07, 6.45) is 1.27. The number of halogens is 2. The molecule has 1 aromatic heterocycles. The van der Waals surface area contributed by atoms with E-state index >= 15 is 0 Å². The van der Waals surface area contributed by atoms with Gasteiger partial charge < -0.3 is 0 Å². The van der Waals surface area contributed by atoms with Crippen molar-refractivity contribution in [3.05, 3.63) is 27.3 Å². The Labute approximate surface area is 85.5 Å². The van der Waals surface area contributed by atoms with E-state index in [1.807, 2.05) is 0 Å². The minimum Gasteiger partial charge on any atom is -0.257 e. The molecule has 0 saturated heterocycles. The zero-order valence-electron chi connectivity index (χ0n) is 7.36. The fraction of sp³-hybridized carbons (Fsp3) is 0.444. The largest absolute Gasteiger partial charge is 0.257 e. The van der Waals surface area contributed by atoms with Crippen molar-refractivity contribution in [2.45, 2.75) is 26.2 Å². The van der Waals surface area contributed by atoms with Crippen LogP contribution in [0.4, 0.5) is 4.39 Å². The summed E-state index contributed by atoms with van der Waals surface area (Å²) in [5.41, 5.74) is 0.939. The van der Waals surface area contributed by atoms with E-state index < -0.39 is 0 Å². The van der Waals surface area contributed by atoms with E-state index in [4.69, 9.17) is 0 Å². The molecule has 1 rings (SSSR count). The molecule has 0 aliphatic heterocycles. The van der Waals surface area contributed by atoms with Crippen LogP contribution in [0.5, 0.6) is 0 Å². The SMILES string of the molecule is CC(C)(C)c1ncc(F)cc1I. The molecule has 66 valence electrons. The molecule has 1 aromatic rings. The Kier molecular flexibility index (Phi) is 2.70. The van der Waals surface area contributed by atoms with E-state index in [1.165, 1.54) is 12.3 Å². The van der Waals surface area contributed by atoms with Gasteiger partial charge in [0.2, 0.25) is 0 Å². The lowest BCUT2D eigenvalue weighted by atomic mass is 9.92. The van der Waals surface area contributed by atoms with Crippen LogP contribution in [-0.4, -0.2) is 4.98 Å². The van der Waals surface area contributed by atoms with Crippen molar-refractivity contribution in [3.63, 3.8) is 0 Å². The Morgan fingerprint density at radius 1 is 1.42 bits per heavy atom. The third kappa shape index (κ3) is 2.15. The van der Waals surface area contributed by atoms with Crippen molar-refractivity contribution in [2.24, 2.45) is 0 Å². The molecule has 1 nitrogen and oxygen atoms in total. The summed E-state index contributed by atoms with van der Waals surface area (Å²) < 4.78 is 13.6. The lowest BCUT2D eigenvalue weighted by Gasteiger charge is -2.18. The maximum atomic E-state index is 12.7. The van der Waals surface area contributed by atoms with Gasteiger partial charge in [0.15, 0.2) is 0 Å². The topological polar surface area (TPSA) is 12.9 Å². The minimum absolute atomic E-state index is 0.00970. The number of rotatable bonds is 0. The third-order valence-corrected chi connectivity index (χ3v) is 2.34. The first kappa shape index (κ1) is 9.89. The van der Waals surface area contributed by atoms with Gasteiger partial charge in [0.05, 0.1) is 11.9 Å². The molecular formula is C9H11FIN. The summed E-state index contributed by atoms with van der Waals surface area (Å²) in [6.45, 7) is 6.19. The Morgan fingerprint density at radius 3 is 2.42 bits per heavy atom. The fourth-order valence-corrected chi connectivity index (χ4v) is 2.21. The van der Waals surface area contributed by atoms with Gasteiger partial charge in [0.1, 0.15) is 5.82 Å². The minimum atomic E-state index is -0.271. The molecule has 0 unspecified atom stereocenters. The molecule has 0 amide bonds. The molecule has 0 N–H and O–H groups in total. The van der Waals surface area contributed by atoms with Crippen LogP contribution in [0.1, 0.15) is 26.5 Å². The summed E-state index contributed by atoms with van der Waals surface area (Å²) in [6, 6.07) is 1.51. The van der Waals surface area contributed by atoms with E-state index in [0.29, 0.717) is 0 Å². The zero-order chi connectivity index (χ0) is 9.35. The number of hydrogen-bond donors (Lipinski definition) is 0. The molecule has 0 aliphatic rings. The predicted octanol–water partition coefficient (Wildman–Crippen LogP) is 3.12. The third-order valence-electron chi connectivity index (χ3n) is 1.52. The van der Waals surface area contributed by atoms with Gasteiger partial charge >= 0.3 is 0 Å². The summed E-state index contributed by atoms with van der Waals surface area (Å²) in [5, 5.41) is 0. The molecule has 12 heavy (non-hydrogen) atoms. The first-order valence-corrected chi connectivity index (χ1v) is 4.80. The van der Waals surface area contributed by atoms with Crippen molar-refractivity contribution < 1.29 is 4.39 Å². The van der Waals surface area contributed by atoms with Gasteiger partial charge in [0, 0.05) is 8.99 Å². The van der Waals surface area contributed by atoms with Crippen molar-refractivity contribution >= 4 is 22.6 Å². The lowest BCUT2D eigenvalue weighted by Crippen LogP contribution is -2.15. The van der Waals surface area contributed by atoms with Crippen LogP contribution in [0.2, 0.25) is 0 Å². The van der Waals surface area contributed by atoms with Gasteiger partial charge in [-0.25, -0.2) is 4.39 Å². The highest BCUT2D eigenvalue weighted by Gasteiger charge is 2.18. The molecule has 0 saturated carbocycles. The van der Waals surface area contributed by atoms with Crippen LogP contribution in [0.3, 0.4) is 0 Å². The molecule has 0 bridgehead atoms. The van der Waals surface area contributed by atoms with Gasteiger partial charge in [-0.2, -0.15) is 0 Å². The second-order valence-electron chi connectivity index (χ2n) is 3.73. The average Bonchev–Trinajstić information content (AvgIpc) is 1.83. The average molecular weight is 279 g/mol. The van der Waals surface area contributed by atoms with E-state index in [1.54, 1.807) is 0 Å². The van der Waals surface area contributed by atoms with Gasteiger partial charge in [-0.3, -0.25) is 4.98 Å². The molecule has 0 atom stereocenters. The van der Waals surface area contributed by atoms with E-state index in [2.05, 4.69) is 48.3 Å². The highest BCUT2D eigenvalue weighted by molar-refractivity contribution is 14.1.